The highest BCUT2D eigenvalue weighted by atomic mass is 16.7. The third kappa shape index (κ3) is 6.02. The maximum Gasteiger partial charge on any atom is 0.427 e. The number of fused-ring (bicyclic) bond motifs is 1. The van der Waals surface area contributed by atoms with E-state index < -0.39 is 12.3 Å². The average Bonchev–Trinajstić information content (AvgIpc) is 3.58. The Balaban J connectivity index is 1.32. The summed E-state index contributed by atoms with van der Waals surface area (Å²) in [6.45, 7) is 7.57. The Morgan fingerprint density at radius 2 is 1.88 bits per heavy atom. The quantitative estimate of drug-likeness (QED) is 0.319. The zero-order chi connectivity index (χ0) is 29.3. The van der Waals surface area contributed by atoms with E-state index in [4.69, 9.17) is 24.5 Å². The van der Waals surface area contributed by atoms with Crippen molar-refractivity contribution >= 4 is 29.0 Å². The number of hydroxylamine groups is 1. The molecule has 1 unspecified atom stereocenters. The molecule has 0 bridgehead atoms. The fraction of sp³-hybridized carbons (Fsp3) is 0.625. The van der Waals surface area contributed by atoms with Gasteiger partial charge in [0.1, 0.15) is 5.52 Å². The van der Waals surface area contributed by atoms with E-state index in [1.54, 1.807) is 0 Å². The normalized spacial score (nSPS) is 27.0. The summed E-state index contributed by atoms with van der Waals surface area (Å²) in [5.74, 6) is 4.12. The maximum atomic E-state index is 11.9. The molecule has 3 aromatic rings. The van der Waals surface area contributed by atoms with Gasteiger partial charge in [0, 0.05) is 19.1 Å². The van der Waals surface area contributed by atoms with Crippen molar-refractivity contribution in [2.45, 2.75) is 90.0 Å². The minimum atomic E-state index is -0.640. The SMILES string of the molecule is CC1CCC(Cn2c(N3CCOC[C@H]3Cc3ccccc3)nc3nc(C4NOC(=O)N4)nc(N[C@H](C)C4CCC4)c32)CC1. The molecular weight excluding hydrogens is 544 g/mol. The summed E-state index contributed by atoms with van der Waals surface area (Å²) in [5, 5.41) is 6.54. The van der Waals surface area contributed by atoms with Crippen molar-refractivity contribution in [3.8, 4) is 0 Å². The van der Waals surface area contributed by atoms with Gasteiger partial charge in [-0.1, -0.05) is 56.5 Å². The molecule has 7 rings (SSSR count). The van der Waals surface area contributed by atoms with Crippen molar-refractivity contribution in [2.75, 3.05) is 30.0 Å². The summed E-state index contributed by atoms with van der Waals surface area (Å²) in [7, 11) is 0. The van der Waals surface area contributed by atoms with Crippen molar-refractivity contribution in [3.05, 3.63) is 41.7 Å². The second-order valence-electron chi connectivity index (χ2n) is 13.1. The van der Waals surface area contributed by atoms with Crippen LogP contribution in [-0.4, -0.2) is 57.5 Å². The van der Waals surface area contributed by atoms with Crippen LogP contribution < -0.4 is 21.0 Å². The highest BCUT2D eigenvalue weighted by Gasteiger charge is 2.34. The first-order valence-electron chi connectivity index (χ1n) is 16.2. The second-order valence-corrected chi connectivity index (χ2v) is 13.1. The lowest BCUT2D eigenvalue weighted by atomic mass is 9.80. The minimum absolute atomic E-state index is 0.153. The number of morpholine rings is 1. The Bertz CT molecular complexity index is 1420. The molecule has 4 heterocycles. The summed E-state index contributed by atoms with van der Waals surface area (Å²) < 4.78 is 8.42. The van der Waals surface area contributed by atoms with Gasteiger partial charge in [-0.3, -0.25) is 5.32 Å². The number of benzene rings is 1. The first kappa shape index (κ1) is 28.3. The molecule has 2 aliphatic carbocycles. The average molecular weight is 589 g/mol. The fourth-order valence-electron chi connectivity index (χ4n) is 7.09. The van der Waals surface area contributed by atoms with Crippen molar-refractivity contribution < 1.29 is 14.4 Å². The molecule has 0 spiro atoms. The number of carbonyl (C=O) groups is 1. The molecule has 2 aromatic heterocycles. The molecule has 11 heteroatoms. The van der Waals surface area contributed by atoms with E-state index in [9.17, 15) is 4.79 Å². The molecule has 2 saturated carbocycles. The van der Waals surface area contributed by atoms with Crippen LogP contribution in [0.5, 0.6) is 0 Å². The van der Waals surface area contributed by atoms with Gasteiger partial charge in [-0.05, 0) is 62.3 Å². The first-order chi connectivity index (χ1) is 21.0. The van der Waals surface area contributed by atoms with Crippen LogP contribution in [0.25, 0.3) is 11.2 Å². The van der Waals surface area contributed by atoms with Gasteiger partial charge < -0.3 is 24.4 Å². The van der Waals surface area contributed by atoms with E-state index in [1.807, 2.05) is 0 Å². The maximum absolute atomic E-state index is 11.9. The lowest BCUT2D eigenvalue weighted by Gasteiger charge is -2.37. The van der Waals surface area contributed by atoms with Crippen molar-refractivity contribution in [3.63, 3.8) is 0 Å². The lowest BCUT2D eigenvalue weighted by molar-refractivity contribution is 0.0927. The number of rotatable bonds is 9. The van der Waals surface area contributed by atoms with Crippen LogP contribution in [0.4, 0.5) is 16.6 Å². The highest BCUT2D eigenvalue weighted by molar-refractivity contribution is 5.86. The van der Waals surface area contributed by atoms with Crippen molar-refractivity contribution in [2.24, 2.45) is 17.8 Å². The van der Waals surface area contributed by atoms with E-state index in [2.05, 4.69) is 69.8 Å². The van der Waals surface area contributed by atoms with Crippen LogP contribution in [0.3, 0.4) is 0 Å². The largest absolute Gasteiger partial charge is 0.427 e. The molecule has 2 aliphatic heterocycles. The van der Waals surface area contributed by atoms with Gasteiger partial charge in [-0.2, -0.15) is 4.98 Å². The van der Waals surface area contributed by atoms with Gasteiger partial charge >= 0.3 is 6.09 Å². The molecule has 0 radical (unpaired) electrons. The number of hydrogen-bond acceptors (Lipinski definition) is 9. The molecule has 1 amide bonds. The summed E-state index contributed by atoms with van der Waals surface area (Å²) in [6.07, 6.45) is 8.38. The fourth-order valence-corrected chi connectivity index (χ4v) is 7.09. The zero-order valence-electron chi connectivity index (χ0n) is 25.3. The first-order valence-corrected chi connectivity index (χ1v) is 16.2. The summed E-state index contributed by atoms with van der Waals surface area (Å²) in [6, 6.07) is 11.0. The molecule has 4 fully saturated rings. The van der Waals surface area contributed by atoms with Gasteiger partial charge in [0.15, 0.2) is 23.5 Å². The molecule has 43 heavy (non-hydrogen) atoms. The standard InChI is InChI=1S/C32H44N8O3/c1-20-11-13-23(14-12-20)18-40-26-27(33-21(2)24-9-6-10-24)34-29(30-37-32(41)43-38-30)35-28(26)36-31(40)39-15-16-42-19-25(39)17-22-7-4-3-5-8-22/h3-5,7-8,20-21,23-25,30,38H,6,9-19H2,1-2H3,(H,37,41)(H,33,34,35)/t20?,21-,23?,25-,30?/m1/s1. The predicted molar refractivity (Wildman–Crippen MR) is 164 cm³/mol. The molecule has 230 valence electrons. The highest BCUT2D eigenvalue weighted by Crippen LogP contribution is 2.37. The van der Waals surface area contributed by atoms with E-state index in [1.165, 1.54) is 50.5 Å². The monoisotopic (exact) mass is 588 g/mol. The van der Waals surface area contributed by atoms with E-state index in [-0.39, 0.29) is 12.1 Å². The lowest BCUT2D eigenvalue weighted by Crippen LogP contribution is -2.48. The Kier molecular flexibility index (Phi) is 8.09. The van der Waals surface area contributed by atoms with Crippen LogP contribution in [0, 0.1) is 17.8 Å². The van der Waals surface area contributed by atoms with Crippen LogP contribution >= 0.6 is 0 Å². The molecule has 11 nitrogen and oxygen atoms in total. The van der Waals surface area contributed by atoms with E-state index in [0.29, 0.717) is 36.5 Å². The Morgan fingerprint density at radius 1 is 1.07 bits per heavy atom. The van der Waals surface area contributed by atoms with E-state index >= 15 is 0 Å². The summed E-state index contributed by atoms with van der Waals surface area (Å²) in [5.41, 5.74) is 5.60. The van der Waals surface area contributed by atoms with Crippen molar-refractivity contribution in [1.29, 1.82) is 0 Å². The smallest absolute Gasteiger partial charge is 0.377 e. The van der Waals surface area contributed by atoms with Gasteiger partial charge in [-0.25, -0.2) is 14.8 Å². The Labute approximate surface area is 253 Å². The van der Waals surface area contributed by atoms with Gasteiger partial charge in [-0.15, -0.1) is 5.48 Å². The van der Waals surface area contributed by atoms with Crippen molar-refractivity contribution in [1.82, 2.24) is 30.3 Å². The van der Waals surface area contributed by atoms with Crippen LogP contribution in [0.1, 0.15) is 76.3 Å². The molecule has 3 N–H and O–H groups in total. The van der Waals surface area contributed by atoms with Gasteiger partial charge in [0.25, 0.3) is 0 Å². The van der Waals surface area contributed by atoms with Crippen LogP contribution in [-0.2, 0) is 22.5 Å². The number of aromatic nitrogens is 4. The molecular formula is C32H44N8O3. The number of imidazole rings is 1. The van der Waals surface area contributed by atoms with Crippen LogP contribution in [0.2, 0.25) is 0 Å². The number of hydrogen-bond donors (Lipinski definition) is 3. The topological polar surface area (TPSA) is 118 Å². The molecule has 3 atom stereocenters. The molecule has 1 aromatic carbocycles. The third-order valence-corrected chi connectivity index (χ3v) is 9.99. The molecule has 4 aliphatic rings. The predicted octanol–water partition coefficient (Wildman–Crippen LogP) is 4.94. The second kappa shape index (κ2) is 12.3. The number of anilines is 2. The van der Waals surface area contributed by atoms with Gasteiger partial charge in [0.2, 0.25) is 5.95 Å². The Hall–Kier alpha value is -3.44. The summed E-state index contributed by atoms with van der Waals surface area (Å²) >= 11 is 0. The van der Waals surface area contributed by atoms with E-state index in [0.717, 1.165) is 42.7 Å². The number of amides is 1. The number of ether oxygens (including phenoxy) is 1. The number of nitrogens with zero attached hydrogens (tertiary/aromatic N) is 5. The minimum Gasteiger partial charge on any atom is -0.377 e. The summed E-state index contributed by atoms with van der Waals surface area (Å²) in [4.78, 5) is 34.5. The number of carbonyl (C=O) groups excluding carboxylic acids is 1. The molecule has 2 saturated heterocycles. The number of nitrogens with one attached hydrogen (secondary N) is 3. The third-order valence-electron chi connectivity index (χ3n) is 9.99. The van der Waals surface area contributed by atoms with Crippen LogP contribution in [0.15, 0.2) is 30.3 Å². The Morgan fingerprint density at radius 3 is 2.60 bits per heavy atom. The zero-order valence-corrected chi connectivity index (χ0v) is 25.3. The van der Waals surface area contributed by atoms with Gasteiger partial charge in [0.05, 0.1) is 19.3 Å².